The van der Waals surface area contributed by atoms with Gasteiger partial charge in [0, 0.05) is 10.9 Å². The zero-order valence-corrected chi connectivity index (χ0v) is 16.0. The van der Waals surface area contributed by atoms with E-state index in [1.54, 1.807) is 36.4 Å². The van der Waals surface area contributed by atoms with Gasteiger partial charge in [-0.3, -0.25) is 9.59 Å². The highest BCUT2D eigenvalue weighted by Gasteiger charge is 2.20. The molecule has 2 aromatic carbocycles. The third-order valence-corrected chi connectivity index (χ3v) is 5.28. The molecule has 1 amide bonds. The van der Waals surface area contributed by atoms with Crippen LogP contribution in [-0.4, -0.2) is 15.7 Å². The molecule has 144 valence electrons. The van der Waals surface area contributed by atoms with Crippen LogP contribution in [0.2, 0.25) is 0 Å². The molecule has 2 heterocycles. The van der Waals surface area contributed by atoms with E-state index in [0.29, 0.717) is 5.69 Å². The molecule has 1 unspecified atom stereocenters. The van der Waals surface area contributed by atoms with Gasteiger partial charge in [0.25, 0.3) is 11.5 Å². The Balaban J connectivity index is 1.66. The molecule has 0 aliphatic carbocycles. The van der Waals surface area contributed by atoms with E-state index in [9.17, 15) is 14.0 Å². The largest absolute Gasteiger partial charge is 0.339 e. The molecule has 0 radical (unpaired) electrons. The number of halogens is 1. The summed E-state index contributed by atoms with van der Waals surface area (Å²) in [5, 5.41) is 9.07. The summed E-state index contributed by atoms with van der Waals surface area (Å²) in [4.78, 5) is 26.0. The fourth-order valence-electron chi connectivity index (χ4n) is 2.92. The number of amides is 1. The van der Waals surface area contributed by atoms with Crippen molar-refractivity contribution in [1.29, 1.82) is 0 Å². The van der Waals surface area contributed by atoms with Gasteiger partial charge >= 0.3 is 0 Å². The van der Waals surface area contributed by atoms with Gasteiger partial charge in [-0.1, -0.05) is 36.4 Å². The number of carbonyl (C=O) groups excluding carboxylic acids is 1. The minimum atomic E-state index is -0.456. The van der Waals surface area contributed by atoms with Gasteiger partial charge in [-0.05, 0) is 47.3 Å². The van der Waals surface area contributed by atoms with Crippen molar-refractivity contribution in [2.75, 3.05) is 0 Å². The van der Waals surface area contributed by atoms with E-state index in [4.69, 9.17) is 0 Å². The van der Waals surface area contributed by atoms with Crippen molar-refractivity contribution in [3.05, 3.63) is 117 Å². The highest BCUT2D eigenvalue weighted by molar-refractivity contribution is 7.10. The zero-order valence-electron chi connectivity index (χ0n) is 15.2. The van der Waals surface area contributed by atoms with Crippen molar-refractivity contribution < 1.29 is 9.18 Å². The lowest BCUT2D eigenvalue weighted by Crippen LogP contribution is -2.32. The highest BCUT2D eigenvalue weighted by Crippen LogP contribution is 2.26. The van der Waals surface area contributed by atoms with Gasteiger partial charge in [-0.15, -0.1) is 11.3 Å². The molecule has 29 heavy (non-hydrogen) atoms. The molecule has 0 saturated carbocycles. The average Bonchev–Trinajstić information content (AvgIpc) is 3.28. The molecular formula is C22H16FN3O2S. The van der Waals surface area contributed by atoms with Gasteiger partial charge in [0.05, 0.1) is 11.7 Å². The Hall–Kier alpha value is -3.58. The smallest absolute Gasteiger partial charge is 0.272 e. The standard InChI is InChI=1S/C22H16FN3O2S/c23-16-10-8-15(9-11-16)21(19-7-4-14-29-19)24-22(28)18-12-13-20(27)26(25-18)17-5-2-1-3-6-17/h1-14,21H,(H,24,28). The molecule has 2 aromatic heterocycles. The second-order valence-corrected chi connectivity index (χ2v) is 7.26. The summed E-state index contributed by atoms with van der Waals surface area (Å²) in [6.45, 7) is 0. The molecule has 0 fully saturated rings. The number of hydrogen-bond acceptors (Lipinski definition) is 4. The van der Waals surface area contributed by atoms with Gasteiger partial charge in [0.15, 0.2) is 0 Å². The van der Waals surface area contributed by atoms with Crippen molar-refractivity contribution in [2.45, 2.75) is 6.04 Å². The maximum Gasteiger partial charge on any atom is 0.272 e. The second-order valence-electron chi connectivity index (χ2n) is 6.28. The summed E-state index contributed by atoms with van der Waals surface area (Å²) in [7, 11) is 0. The maximum absolute atomic E-state index is 13.3. The van der Waals surface area contributed by atoms with Crippen molar-refractivity contribution in [3.8, 4) is 5.69 Å². The lowest BCUT2D eigenvalue weighted by molar-refractivity contribution is 0.0936. The van der Waals surface area contributed by atoms with Crippen molar-refractivity contribution in [3.63, 3.8) is 0 Å². The van der Waals surface area contributed by atoms with Crippen LogP contribution in [0.4, 0.5) is 4.39 Å². The Morgan fingerprint density at radius 2 is 1.72 bits per heavy atom. The normalized spacial score (nSPS) is 11.8. The summed E-state index contributed by atoms with van der Waals surface area (Å²) in [5.74, 6) is -0.779. The van der Waals surface area contributed by atoms with Crippen LogP contribution in [0.1, 0.15) is 27.0 Å². The van der Waals surface area contributed by atoms with E-state index in [1.165, 1.54) is 40.3 Å². The number of nitrogens with one attached hydrogen (secondary N) is 1. The zero-order chi connectivity index (χ0) is 20.2. The Bertz CT molecular complexity index is 1170. The lowest BCUT2D eigenvalue weighted by atomic mass is 10.0. The maximum atomic E-state index is 13.3. The summed E-state index contributed by atoms with van der Waals surface area (Å²) in [5.41, 5.74) is 1.09. The number of benzene rings is 2. The highest BCUT2D eigenvalue weighted by atomic mass is 32.1. The van der Waals surface area contributed by atoms with Crippen LogP contribution < -0.4 is 10.9 Å². The van der Waals surface area contributed by atoms with Crippen LogP contribution in [-0.2, 0) is 0 Å². The van der Waals surface area contributed by atoms with Crippen LogP contribution in [0.15, 0.2) is 89.0 Å². The summed E-state index contributed by atoms with van der Waals surface area (Å²) in [6.07, 6.45) is 0. The van der Waals surface area contributed by atoms with Gasteiger partial charge in [-0.2, -0.15) is 9.78 Å². The topological polar surface area (TPSA) is 64.0 Å². The number of aromatic nitrogens is 2. The lowest BCUT2D eigenvalue weighted by Gasteiger charge is -2.18. The number of carbonyl (C=O) groups is 1. The van der Waals surface area contributed by atoms with Crippen LogP contribution >= 0.6 is 11.3 Å². The molecule has 0 aliphatic rings. The molecule has 0 bridgehead atoms. The molecule has 0 saturated heterocycles. The van der Waals surface area contributed by atoms with Crippen molar-refractivity contribution in [2.24, 2.45) is 0 Å². The average molecular weight is 405 g/mol. The molecule has 4 aromatic rings. The predicted molar refractivity (Wildman–Crippen MR) is 110 cm³/mol. The van der Waals surface area contributed by atoms with E-state index in [2.05, 4.69) is 10.4 Å². The Kier molecular flexibility index (Phi) is 5.31. The number of thiophene rings is 1. The molecule has 5 nitrogen and oxygen atoms in total. The van der Waals surface area contributed by atoms with Crippen LogP contribution in [0.5, 0.6) is 0 Å². The fourth-order valence-corrected chi connectivity index (χ4v) is 3.72. The van der Waals surface area contributed by atoms with E-state index in [0.717, 1.165) is 10.4 Å². The summed E-state index contributed by atoms with van der Waals surface area (Å²) < 4.78 is 14.5. The Labute approximate surface area is 170 Å². The van der Waals surface area contributed by atoms with Crippen molar-refractivity contribution >= 4 is 17.2 Å². The first-order chi connectivity index (χ1) is 14.1. The molecule has 7 heteroatoms. The third kappa shape index (κ3) is 4.14. The number of nitrogens with zero attached hydrogens (tertiary/aromatic N) is 2. The molecular weight excluding hydrogens is 389 g/mol. The van der Waals surface area contributed by atoms with Gasteiger partial charge < -0.3 is 5.32 Å². The van der Waals surface area contributed by atoms with Gasteiger partial charge in [0.1, 0.15) is 11.5 Å². The molecule has 0 aliphatic heterocycles. The monoisotopic (exact) mass is 405 g/mol. The number of para-hydroxylation sites is 1. The first-order valence-corrected chi connectivity index (χ1v) is 9.75. The van der Waals surface area contributed by atoms with Crippen LogP contribution in [0, 0.1) is 5.82 Å². The second kappa shape index (κ2) is 8.20. The number of hydrogen-bond donors (Lipinski definition) is 1. The van der Waals surface area contributed by atoms with Crippen LogP contribution in [0.3, 0.4) is 0 Å². The first-order valence-electron chi connectivity index (χ1n) is 8.87. The molecule has 1 N–H and O–H groups in total. The van der Waals surface area contributed by atoms with Crippen molar-refractivity contribution in [1.82, 2.24) is 15.1 Å². The molecule has 4 rings (SSSR count). The first kappa shape index (κ1) is 18.8. The summed E-state index contributed by atoms with van der Waals surface area (Å²) in [6, 6.07) is 20.9. The predicted octanol–water partition coefficient (Wildman–Crippen LogP) is 3.95. The van der Waals surface area contributed by atoms with Gasteiger partial charge in [-0.25, -0.2) is 4.39 Å². The van der Waals surface area contributed by atoms with E-state index >= 15 is 0 Å². The van der Waals surface area contributed by atoms with E-state index < -0.39 is 11.9 Å². The molecule has 1 atom stereocenters. The van der Waals surface area contributed by atoms with Crippen LogP contribution in [0.25, 0.3) is 5.69 Å². The van der Waals surface area contributed by atoms with E-state index in [-0.39, 0.29) is 17.1 Å². The summed E-state index contributed by atoms with van der Waals surface area (Å²) >= 11 is 1.49. The fraction of sp³-hybridized carbons (Fsp3) is 0.0455. The quantitative estimate of drug-likeness (QED) is 0.547. The minimum Gasteiger partial charge on any atom is -0.339 e. The van der Waals surface area contributed by atoms with Gasteiger partial charge in [0.2, 0.25) is 0 Å². The Morgan fingerprint density at radius 1 is 0.966 bits per heavy atom. The Morgan fingerprint density at radius 3 is 2.41 bits per heavy atom. The SMILES string of the molecule is O=C(NC(c1ccc(F)cc1)c1cccs1)c1ccc(=O)n(-c2ccccc2)n1. The third-order valence-electron chi connectivity index (χ3n) is 4.34. The van der Waals surface area contributed by atoms with E-state index in [1.807, 2.05) is 23.6 Å². The number of rotatable bonds is 5. The minimum absolute atomic E-state index is 0.108. The molecule has 0 spiro atoms.